The molecule has 0 unspecified atom stereocenters. The molecular weight excluding hydrogens is 542 g/mol. The largest absolute Gasteiger partial charge is 0.486 e. The summed E-state index contributed by atoms with van der Waals surface area (Å²) in [7, 11) is -7.76. The van der Waals surface area contributed by atoms with E-state index in [1.807, 2.05) is 0 Å². The predicted molar refractivity (Wildman–Crippen MR) is 142 cm³/mol. The lowest BCUT2D eigenvalue weighted by Gasteiger charge is -2.29. The summed E-state index contributed by atoms with van der Waals surface area (Å²) < 4.78 is 65.0. The van der Waals surface area contributed by atoms with Crippen LogP contribution in [-0.2, 0) is 24.8 Å². The average molecular weight is 566 g/mol. The van der Waals surface area contributed by atoms with Gasteiger partial charge >= 0.3 is 0 Å². The Morgan fingerprint density at radius 1 is 0.919 bits per heavy atom. The van der Waals surface area contributed by atoms with E-state index in [-0.39, 0.29) is 16.3 Å². The number of fused-ring (bicyclic) bond motifs is 1. The standard InChI is InChI=1S/C24H24ClN3O7S2/c1-16(28(36(2,30)31)20-8-11-22-23(15-20)35-13-12-34-22)24(29)26-18-6-9-21(10-7-18)37(32,33)27-19-5-3-4-17(25)14-19/h3-11,14-16,27H,12-13H2,1-2H3,(H,26,29)/t16-/m1/s1. The molecule has 1 aliphatic rings. The van der Waals surface area contributed by atoms with Gasteiger partial charge in [0.25, 0.3) is 10.0 Å². The number of nitrogens with zero attached hydrogens (tertiary/aromatic N) is 1. The van der Waals surface area contributed by atoms with E-state index in [2.05, 4.69) is 10.0 Å². The number of hydrogen-bond acceptors (Lipinski definition) is 7. The number of carbonyl (C=O) groups is 1. The van der Waals surface area contributed by atoms with Crippen molar-refractivity contribution >= 4 is 54.6 Å². The highest BCUT2D eigenvalue weighted by Gasteiger charge is 2.30. The van der Waals surface area contributed by atoms with Gasteiger partial charge in [-0.15, -0.1) is 0 Å². The van der Waals surface area contributed by atoms with Gasteiger partial charge in [0.15, 0.2) is 11.5 Å². The van der Waals surface area contributed by atoms with E-state index in [0.717, 1.165) is 10.6 Å². The molecule has 0 radical (unpaired) electrons. The monoisotopic (exact) mass is 565 g/mol. The number of benzene rings is 3. The number of nitrogens with one attached hydrogen (secondary N) is 2. The molecule has 3 aromatic rings. The maximum Gasteiger partial charge on any atom is 0.261 e. The van der Waals surface area contributed by atoms with Crippen molar-refractivity contribution in [2.24, 2.45) is 0 Å². The smallest absolute Gasteiger partial charge is 0.261 e. The molecule has 4 rings (SSSR count). The van der Waals surface area contributed by atoms with Crippen molar-refractivity contribution in [3.63, 3.8) is 0 Å². The predicted octanol–water partition coefficient (Wildman–Crippen LogP) is 3.71. The zero-order valence-electron chi connectivity index (χ0n) is 19.8. The Kier molecular flexibility index (Phi) is 7.53. The highest BCUT2D eigenvalue weighted by Crippen LogP contribution is 2.35. The summed E-state index contributed by atoms with van der Waals surface area (Å²) in [5.41, 5.74) is 0.829. The number of rotatable bonds is 8. The van der Waals surface area contributed by atoms with Crippen molar-refractivity contribution in [1.82, 2.24) is 0 Å². The minimum atomic E-state index is -3.90. The molecule has 1 aliphatic heterocycles. The Hall–Kier alpha value is -3.48. The highest BCUT2D eigenvalue weighted by molar-refractivity contribution is 7.92. The van der Waals surface area contributed by atoms with Crippen LogP contribution in [0, 0.1) is 0 Å². The Morgan fingerprint density at radius 2 is 1.59 bits per heavy atom. The van der Waals surface area contributed by atoms with Crippen molar-refractivity contribution < 1.29 is 31.1 Å². The SMILES string of the molecule is C[C@H](C(=O)Nc1ccc(S(=O)(=O)Nc2cccc(Cl)c2)cc1)N(c1ccc2c(c1)OCCO2)S(C)(=O)=O. The molecule has 0 saturated heterocycles. The molecule has 3 aromatic carbocycles. The average Bonchev–Trinajstić information content (AvgIpc) is 2.83. The molecule has 196 valence electrons. The molecule has 0 aromatic heterocycles. The third-order valence-corrected chi connectivity index (χ3v) is 8.25. The van der Waals surface area contributed by atoms with E-state index in [1.54, 1.807) is 24.3 Å². The van der Waals surface area contributed by atoms with Gasteiger partial charge in [-0.3, -0.25) is 13.8 Å². The summed E-state index contributed by atoms with van der Waals surface area (Å²) in [5, 5.41) is 3.01. The molecule has 0 spiro atoms. The summed E-state index contributed by atoms with van der Waals surface area (Å²) >= 11 is 5.91. The molecular formula is C24H24ClN3O7S2. The van der Waals surface area contributed by atoms with Gasteiger partial charge in [-0.25, -0.2) is 16.8 Å². The Bertz CT molecular complexity index is 1530. The van der Waals surface area contributed by atoms with Crippen LogP contribution < -0.4 is 23.8 Å². The van der Waals surface area contributed by atoms with Crippen LogP contribution in [0.25, 0.3) is 0 Å². The van der Waals surface area contributed by atoms with E-state index < -0.39 is 32.0 Å². The van der Waals surface area contributed by atoms with Crippen molar-refractivity contribution in [3.8, 4) is 11.5 Å². The molecule has 13 heteroatoms. The van der Waals surface area contributed by atoms with Crippen LogP contribution in [-0.4, -0.2) is 48.3 Å². The fraction of sp³-hybridized carbons (Fsp3) is 0.208. The van der Waals surface area contributed by atoms with Crippen LogP contribution in [0.15, 0.2) is 71.6 Å². The fourth-order valence-electron chi connectivity index (χ4n) is 3.71. The lowest BCUT2D eigenvalue weighted by atomic mass is 10.2. The number of halogens is 1. The summed E-state index contributed by atoms with van der Waals surface area (Å²) in [6, 6.07) is 15.2. The Balaban J connectivity index is 1.50. The molecule has 10 nitrogen and oxygen atoms in total. The first-order valence-electron chi connectivity index (χ1n) is 11.0. The summed E-state index contributed by atoms with van der Waals surface area (Å²) in [6.07, 6.45) is 1.00. The summed E-state index contributed by atoms with van der Waals surface area (Å²) in [4.78, 5) is 13.0. The third-order valence-electron chi connectivity index (χ3n) is 5.38. The van der Waals surface area contributed by atoms with Crippen LogP contribution in [0.3, 0.4) is 0 Å². The Labute approximate surface area is 220 Å². The summed E-state index contributed by atoms with van der Waals surface area (Å²) in [6.45, 7) is 2.16. The second-order valence-corrected chi connectivity index (χ2v) is 12.2. The first kappa shape index (κ1) is 26.6. The highest BCUT2D eigenvalue weighted by atomic mass is 35.5. The van der Waals surface area contributed by atoms with Gasteiger partial charge in [-0.2, -0.15) is 0 Å². The van der Waals surface area contributed by atoms with E-state index >= 15 is 0 Å². The van der Waals surface area contributed by atoms with Gasteiger partial charge in [0.1, 0.15) is 19.3 Å². The van der Waals surface area contributed by atoms with Crippen molar-refractivity contribution in [3.05, 3.63) is 71.8 Å². The molecule has 2 N–H and O–H groups in total. The maximum atomic E-state index is 13.0. The fourth-order valence-corrected chi connectivity index (χ4v) is 6.11. The van der Waals surface area contributed by atoms with Crippen LogP contribution in [0.4, 0.5) is 17.1 Å². The normalized spacial score (nSPS) is 13.9. The quantitative estimate of drug-likeness (QED) is 0.425. The van der Waals surface area contributed by atoms with E-state index in [0.29, 0.717) is 35.4 Å². The first-order valence-corrected chi connectivity index (χ1v) is 14.7. The number of anilines is 3. The number of amides is 1. The topological polar surface area (TPSA) is 131 Å². The zero-order chi connectivity index (χ0) is 26.8. The van der Waals surface area contributed by atoms with Crippen LogP contribution in [0.1, 0.15) is 6.92 Å². The molecule has 1 heterocycles. The third kappa shape index (κ3) is 6.27. The number of sulfonamides is 2. The molecule has 0 aliphatic carbocycles. The Morgan fingerprint density at radius 3 is 2.24 bits per heavy atom. The van der Waals surface area contributed by atoms with E-state index in [1.165, 1.54) is 49.4 Å². The summed E-state index contributed by atoms with van der Waals surface area (Å²) in [5.74, 6) is 0.251. The van der Waals surface area contributed by atoms with Crippen LogP contribution in [0.5, 0.6) is 11.5 Å². The van der Waals surface area contributed by atoms with Gasteiger partial charge in [-0.1, -0.05) is 17.7 Å². The lowest BCUT2D eigenvalue weighted by molar-refractivity contribution is -0.116. The molecule has 1 atom stereocenters. The van der Waals surface area contributed by atoms with Gasteiger partial charge in [-0.05, 0) is 61.5 Å². The number of carbonyl (C=O) groups excluding carboxylic acids is 1. The first-order chi connectivity index (χ1) is 17.4. The minimum absolute atomic E-state index is 0.0347. The second-order valence-electron chi connectivity index (χ2n) is 8.19. The number of ether oxygens (including phenoxy) is 2. The number of hydrogen-bond donors (Lipinski definition) is 2. The molecule has 0 saturated carbocycles. The lowest BCUT2D eigenvalue weighted by Crippen LogP contribution is -2.45. The van der Waals surface area contributed by atoms with Crippen LogP contribution in [0.2, 0.25) is 5.02 Å². The van der Waals surface area contributed by atoms with E-state index in [9.17, 15) is 21.6 Å². The second kappa shape index (κ2) is 10.5. The van der Waals surface area contributed by atoms with Crippen molar-refractivity contribution in [2.75, 3.05) is 33.8 Å². The molecule has 37 heavy (non-hydrogen) atoms. The maximum absolute atomic E-state index is 13.0. The molecule has 0 fully saturated rings. The van der Waals surface area contributed by atoms with Crippen LogP contribution >= 0.6 is 11.6 Å². The van der Waals surface area contributed by atoms with Gasteiger partial charge in [0.2, 0.25) is 15.9 Å². The van der Waals surface area contributed by atoms with Gasteiger partial charge in [0, 0.05) is 16.8 Å². The molecule has 0 bridgehead atoms. The molecule has 1 amide bonds. The van der Waals surface area contributed by atoms with Gasteiger partial charge < -0.3 is 14.8 Å². The van der Waals surface area contributed by atoms with Crippen molar-refractivity contribution in [1.29, 1.82) is 0 Å². The zero-order valence-corrected chi connectivity index (χ0v) is 22.2. The van der Waals surface area contributed by atoms with Gasteiger partial charge in [0.05, 0.1) is 22.5 Å². The minimum Gasteiger partial charge on any atom is -0.486 e. The van der Waals surface area contributed by atoms with Crippen molar-refractivity contribution in [2.45, 2.75) is 17.9 Å². The van der Waals surface area contributed by atoms with E-state index in [4.69, 9.17) is 21.1 Å².